The van der Waals surface area contributed by atoms with Gasteiger partial charge >= 0.3 is 0 Å². The lowest BCUT2D eigenvalue weighted by Gasteiger charge is -2.19. The molecule has 74 valence electrons. The van der Waals surface area contributed by atoms with Gasteiger partial charge in [-0.1, -0.05) is 68.3 Å². The molecule has 0 amide bonds. The van der Waals surface area contributed by atoms with E-state index < -0.39 is 0 Å². The third-order valence-electron chi connectivity index (χ3n) is 2.56. The van der Waals surface area contributed by atoms with Crippen molar-refractivity contribution in [1.82, 2.24) is 0 Å². The van der Waals surface area contributed by atoms with Crippen LogP contribution in [0, 0.1) is 5.92 Å². The van der Waals surface area contributed by atoms with Crippen LogP contribution in [0.15, 0.2) is 46.5 Å². The average Bonchev–Trinajstić information content (AvgIpc) is 2.21. The van der Waals surface area contributed by atoms with E-state index in [4.69, 9.17) is 0 Å². The molecule has 2 aliphatic rings. The monoisotopic (exact) mass is 314 g/mol. The Balaban J connectivity index is 2.05. The Hall–Kier alpha value is -0.0800. The van der Waals surface area contributed by atoms with E-state index in [0.717, 1.165) is 12.8 Å². The zero-order chi connectivity index (χ0) is 9.97. The molecule has 0 aromatic heterocycles. The van der Waals surface area contributed by atoms with Crippen LogP contribution in [-0.2, 0) is 0 Å². The van der Waals surface area contributed by atoms with Gasteiger partial charge in [0.05, 0.1) is 0 Å². The van der Waals surface area contributed by atoms with Gasteiger partial charge in [-0.2, -0.15) is 0 Å². The van der Waals surface area contributed by atoms with Gasteiger partial charge in [0.1, 0.15) is 0 Å². The maximum Gasteiger partial charge on any atom is 0.0363 e. The highest BCUT2D eigenvalue weighted by Gasteiger charge is 2.14. The summed E-state index contributed by atoms with van der Waals surface area (Å²) in [5.74, 6) is 0.576. The second-order valence-electron chi connectivity index (χ2n) is 3.61. The summed E-state index contributed by atoms with van der Waals surface area (Å²) >= 11 is 7.06. The van der Waals surface area contributed by atoms with Crippen LogP contribution >= 0.6 is 31.9 Å². The van der Waals surface area contributed by atoms with Crippen molar-refractivity contribution in [3.05, 3.63) is 46.5 Å². The van der Waals surface area contributed by atoms with Crippen LogP contribution in [0.3, 0.4) is 0 Å². The van der Waals surface area contributed by atoms with Gasteiger partial charge in [0.25, 0.3) is 0 Å². The molecule has 0 nitrogen and oxygen atoms in total. The summed E-state index contributed by atoms with van der Waals surface area (Å²) in [5, 5.41) is 0. The Morgan fingerprint density at radius 3 is 2.50 bits per heavy atom. The zero-order valence-corrected chi connectivity index (χ0v) is 11.0. The smallest absolute Gasteiger partial charge is 0.0363 e. The highest BCUT2D eigenvalue weighted by Crippen LogP contribution is 2.29. The van der Waals surface area contributed by atoms with Crippen molar-refractivity contribution in [2.24, 2.45) is 5.92 Å². The minimum Gasteiger partial charge on any atom is -0.0842 e. The highest BCUT2D eigenvalue weighted by molar-refractivity contribution is 9.11. The van der Waals surface area contributed by atoms with Crippen LogP contribution in [0.25, 0.3) is 0 Å². The summed E-state index contributed by atoms with van der Waals surface area (Å²) in [4.78, 5) is 0.529. The van der Waals surface area contributed by atoms with Crippen molar-refractivity contribution >= 4 is 31.9 Å². The second-order valence-corrected chi connectivity index (χ2v) is 5.70. The molecule has 0 fully saturated rings. The van der Waals surface area contributed by atoms with Crippen molar-refractivity contribution in [1.29, 1.82) is 0 Å². The molecule has 0 bridgehead atoms. The van der Waals surface area contributed by atoms with E-state index in [0.29, 0.717) is 10.7 Å². The molecule has 2 atom stereocenters. The molecular formula is C12H12Br2. The van der Waals surface area contributed by atoms with Crippen molar-refractivity contribution in [3.63, 3.8) is 0 Å². The lowest BCUT2D eigenvalue weighted by Crippen LogP contribution is -2.05. The van der Waals surface area contributed by atoms with E-state index in [1.54, 1.807) is 0 Å². The first-order chi connectivity index (χ1) is 6.75. The molecule has 0 aliphatic heterocycles. The number of hydrogen-bond donors (Lipinski definition) is 0. The minimum absolute atomic E-state index is 0.529. The molecule has 2 heteroatoms. The van der Waals surface area contributed by atoms with Crippen molar-refractivity contribution in [2.45, 2.75) is 17.7 Å². The Labute approximate surface area is 102 Å². The van der Waals surface area contributed by atoms with E-state index in [2.05, 4.69) is 68.3 Å². The molecule has 14 heavy (non-hydrogen) atoms. The molecule has 0 unspecified atom stereocenters. The molecule has 2 aliphatic carbocycles. The predicted molar refractivity (Wildman–Crippen MR) is 68.8 cm³/mol. The fraction of sp³-hybridized carbons (Fsp3) is 0.333. The van der Waals surface area contributed by atoms with Crippen molar-refractivity contribution in [2.75, 3.05) is 0 Å². The van der Waals surface area contributed by atoms with Crippen LogP contribution in [0.1, 0.15) is 12.8 Å². The number of halogens is 2. The van der Waals surface area contributed by atoms with Crippen molar-refractivity contribution in [3.8, 4) is 0 Å². The Morgan fingerprint density at radius 2 is 1.93 bits per heavy atom. The third-order valence-corrected chi connectivity index (χ3v) is 3.83. The first-order valence-electron chi connectivity index (χ1n) is 4.82. The summed E-state index contributed by atoms with van der Waals surface area (Å²) in [6.07, 6.45) is 15.7. The molecule has 0 aromatic carbocycles. The van der Waals surface area contributed by atoms with Gasteiger partial charge in [-0.25, -0.2) is 0 Å². The maximum absolute atomic E-state index is 3.58. The first kappa shape index (κ1) is 10.4. The topological polar surface area (TPSA) is 0 Å². The molecule has 0 aromatic rings. The molecule has 0 saturated carbocycles. The highest BCUT2D eigenvalue weighted by atomic mass is 79.9. The van der Waals surface area contributed by atoms with Crippen LogP contribution in [0.5, 0.6) is 0 Å². The average molecular weight is 316 g/mol. The van der Waals surface area contributed by atoms with E-state index in [9.17, 15) is 0 Å². The van der Waals surface area contributed by atoms with Crippen LogP contribution < -0.4 is 0 Å². The van der Waals surface area contributed by atoms with Gasteiger partial charge in [-0.05, 0) is 18.4 Å². The number of rotatable bonds is 1. The van der Waals surface area contributed by atoms with E-state index >= 15 is 0 Å². The SMILES string of the molecule is BrC1=CC[C@@H](C2=CC[C@H](Br)C=C2)C=C1. The van der Waals surface area contributed by atoms with Gasteiger partial charge in [0.15, 0.2) is 0 Å². The predicted octanol–water partition coefficient (Wildman–Crippen LogP) is 4.49. The van der Waals surface area contributed by atoms with Gasteiger partial charge in [0.2, 0.25) is 0 Å². The van der Waals surface area contributed by atoms with Gasteiger partial charge in [-0.3, -0.25) is 0 Å². The summed E-state index contributed by atoms with van der Waals surface area (Å²) < 4.78 is 1.20. The van der Waals surface area contributed by atoms with Gasteiger partial charge in [-0.15, -0.1) is 0 Å². The van der Waals surface area contributed by atoms with E-state index in [-0.39, 0.29) is 0 Å². The Morgan fingerprint density at radius 1 is 1.07 bits per heavy atom. The number of allylic oxidation sites excluding steroid dienone is 8. The third kappa shape index (κ3) is 2.48. The zero-order valence-electron chi connectivity index (χ0n) is 7.79. The molecule has 0 saturated heterocycles. The molecule has 0 heterocycles. The standard InChI is InChI=1S/C12H12Br2/c13-11-5-1-9(2-6-11)10-3-7-12(14)8-4-10/h1-3,5,7-8,10-11H,4,6H2/t10-,11+/m0/s1. The van der Waals surface area contributed by atoms with Crippen LogP contribution in [-0.4, -0.2) is 4.83 Å². The molecular weight excluding hydrogens is 304 g/mol. The maximum atomic E-state index is 3.58. The molecule has 0 radical (unpaired) electrons. The lowest BCUT2D eigenvalue weighted by molar-refractivity contribution is 0.772. The van der Waals surface area contributed by atoms with Crippen LogP contribution in [0.2, 0.25) is 0 Å². The largest absolute Gasteiger partial charge is 0.0842 e. The fourth-order valence-electron chi connectivity index (χ4n) is 1.73. The summed E-state index contributed by atoms with van der Waals surface area (Å²) in [5.41, 5.74) is 1.45. The number of hydrogen-bond acceptors (Lipinski definition) is 0. The number of alkyl halides is 1. The van der Waals surface area contributed by atoms with Gasteiger partial charge in [0, 0.05) is 15.2 Å². The molecule has 2 rings (SSSR count). The van der Waals surface area contributed by atoms with E-state index in [1.165, 1.54) is 10.1 Å². The van der Waals surface area contributed by atoms with Crippen molar-refractivity contribution < 1.29 is 0 Å². The lowest BCUT2D eigenvalue weighted by atomic mass is 9.89. The summed E-state index contributed by atoms with van der Waals surface area (Å²) in [7, 11) is 0. The van der Waals surface area contributed by atoms with Crippen LogP contribution in [0.4, 0.5) is 0 Å². The Bertz CT molecular complexity index is 334. The molecule has 0 spiro atoms. The second kappa shape index (κ2) is 4.63. The van der Waals surface area contributed by atoms with E-state index in [1.807, 2.05) is 0 Å². The quantitative estimate of drug-likeness (QED) is 0.625. The fourth-order valence-corrected chi connectivity index (χ4v) is 2.41. The minimum atomic E-state index is 0.529. The normalized spacial score (nSPS) is 31.3. The Kier molecular flexibility index (Phi) is 3.45. The summed E-state index contributed by atoms with van der Waals surface area (Å²) in [6.45, 7) is 0. The molecule has 0 N–H and O–H groups in total. The first-order valence-corrected chi connectivity index (χ1v) is 6.53. The van der Waals surface area contributed by atoms with Gasteiger partial charge < -0.3 is 0 Å². The summed E-state index contributed by atoms with van der Waals surface area (Å²) in [6, 6.07) is 0.